The second-order valence-electron chi connectivity index (χ2n) is 4.53. The average Bonchev–Trinajstić information content (AvgIpc) is 2.98. The molecule has 6 heteroatoms. The maximum atomic E-state index is 4.32. The lowest BCUT2D eigenvalue weighted by atomic mass is 10.3. The zero-order chi connectivity index (χ0) is 13.2. The molecule has 98 valence electrons. The van der Waals surface area contributed by atoms with Crippen molar-refractivity contribution in [3.8, 4) is 0 Å². The molecule has 0 saturated carbocycles. The number of aromatic nitrogens is 4. The van der Waals surface area contributed by atoms with Gasteiger partial charge in [-0.3, -0.25) is 4.68 Å². The van der Waals surface area contributed by atoms with Crippen LogP contribution in [0, 0.1) is 13.8 Å². The second kappa shape index (κ2) is 4.97. The molecule has 0 aliphatic rings. The van der Waals surface area contributed by atoms with Crippen molar-refractivity contribution in [2.45, 2.75) is 20.4 Å². The second-order valence-corrected chi connectivity index (χ2v) is 5.41. The number of nitrogens with one attached hydrogen (secondary N) is 1. The van der Waals surface area contributed by atoms with Gasteiger partial charge in [0.2, 0.25) is 0 Å². The Hall–Kier alpha value is -1.95. The molecule has 1 N–H and O–H groups in total. The Bertz CT molecular complexity index is 700. The van der Waals surface area contributed by atoms with Crippen LogP contribution >= 0.6 is 11.3 Å². The molecule has 0 spiro atoms. The normalized spacial score (nSPS) is 11.1. The number of rotatable bonds is 4. The van der Waals surface area contributed by atoms with Crippen LogP contribution in [0.5, 0.6) is 0 Å². The fourth-order valence-electron chi connectivity index (χ4n) is 1.97. The summed E-state index contributed by atoms with van der Waals surface area (Å²) in [7, 11) is 0. The Labute approximate surface area is 115 Å². The van der Waals surface area contributed by atoms with E-state index in [1.54, 1.807) is 17.7 Å². The highest BCUT2D eigenvalue weighted by molar-refractivity contribution is 7.18. The molecule has 3 rings (SSSR count). The van der Waals surface area contributed by atoms with Crippen LogP contribution in [0.15, 0.2) is 24.1 Å². The van der Waals surface area contributed by atoms with Crippen LogP contribution < -0.4 is 5.32 Å². The molecule has 0 radical (unpaired) electrons. The van der Waals surface area contributed by atoms with Crippen LogP contribution in [0.2, 0.25) is 0 Å². The lowest BCUT2D eigenvalue weighted by Gasteiger charge is -2.06. The number of hydrogen-bond donors (Lipinski definition) is 1. The van der Waals surface area contributed by atoms with Crippen molar-refractivity contribution >= 4 is 27.4 Å². The SMILES string of the molecule is Cc1cnn(CCNc2ncnc3c(C)csc23)c1. The van der Waals surface area contributed by atoms with Gasteiger partial charge in [-0.25, -0.2) is 9.97 Å². The summed E-state index contributed by atoms with van der Waals surface area (Å²) in [6, 6.07) is 0. The molecule has 0 saturated heterocycles. The predicted molar refractivity (Wildman–Crippen MR) is 77.6 cm³/mol. The average molecular weight is 273 g/mol. The maximum absolute atomic E-state index is 4.32. The van der Waals surface area contributed by atoms with E-state index in [1.807, 2.05) is 24.0 Å². The van der Waals surface area contributed by atoms with Crippen molar-refractivity contribution in [3.63, 3.8) is 0 Å². The molecule has 5 nitrogen and oxygen atoms in total. The summed E-state index contributed by atoms with van der Waals surface area (Å²) in [6.07, 6.45) is 5.51. The molecule has 0 atom stereocenters. The standard InChI is InChI=1S/C13H15N5S/c1-9-5-17-18(6-9)4-3-14-13-12-11(15-8-16-13)10(2)7-19-12/h5-8H,3-4H2,1-2H3,(H,14,15,16). The highest BCUT2D eigenvalue weighted by atomic mass is 32.1. The predicted octanol–water partition coefficient (Wildman–Crippen LogP) is 2.62. The van der Waals surface area contributed by atoms with Crippen LogP contribution in [0.1, 0.15) is 11.1 Å². The van der Waals surface area contributed by atoms with E-state index in [0.717, 1.165) is 29.1 Å². The first-order chi connectivity index (χ1) is 9.24. The third kappa shape index (κ3) is 2.44. The van der Waals surface area contributed by atoms with Crippen molar-refractivity contribution < 1.29 is 0 Å². The fourth-order valence-corrected chi connectivity index (χ4v) is 2.94. The van der Waals surface area contributed by atoms with Gasteiger partial charge in [0.05, 0.1) is 23.0 Å². The van der Waals surface area contributed by atoms with Gasteiger partial charge in [-0.15, -0.1) is 11.3 Å². The molecule has 0 amide bonds. The van der Waals surface area contributed by atoms with E-state index in [2.05, 4.69) is 32.7 Å². The molecule has 3 aromatic heterocycles. The number of aryl methyl sites for hydroxylation is 2. The lowest BCUT2D eigenvalue weighted by Crippen LogP contribution is -2.11. The van der Waals surface area contributed by atoms with Crippen LogP contribution in [0.25, 0.3) is 10.2 Å². The Morgan fingerprint density at radius 2 is 2.21 bits per heavy atom. The van der Waals surface area contributed by atoms with Crippen LogP contribution in [-0.4, -0.2) is 26.3 Å². The van der Waals surface area contributed by atoms with Gasteiger partial charge in [-0.2, -0.15) is 5.10 Å². The summed E-state index contributed by atoms with van der Waals surface area (Å²) in [5, 5.41) is 9.73. The molecule has 3 heterocycles. The van der Waals surface area contributed by atoms with E-state index in [1.165, 1.54) is 11.1 Å². The monoisotopic (exact) mass is 273 g/mol. The Balaban J connectivity index is 1.71. The van der Waals surface area contributed by atoms with E-state index in [-0.39, 0.29) is 0 Å². The topological polar surface area (TPSA) is 55.6 Å². The summed E-state index contributed by atoms with van der Waals surface area (Å²) in [5.74, 6) is 0.909. The molecule has 0 bridgehead atoms. The summed E-state index contributed by atoms with van der Waals surface area (Å²) in [5.41, 5.74) is 3.42. The summed E-state index contributed by atoms with van der Waals surface area (Å²) in [4.78, 5) is 8.63. The molecule has 3 aromatic rings. The minimum Gasteiger partial charge on any atom is -0.367 e. The fraction of sp³-hybridized carbons (Fsp3) is 0.308. The Morgan fingerprint density at radius 3 is 3.00 bits per heavy atom. The van der Waals surface area contributed by atoms with Crippen molar-refractivity contribution in [1.82, 2.24) is 19.7 Å². The number of fused-ring (bicyclic) bond motifs is 1. The molecular weight excluding hydrogens is 258 g/mol. The molecular formula is C13H15N5S. The van der Waals surface area contributed by atoms with Crippen molar-refractivity contribution in [2.24, 2.45) is 0 Å². The number of nitrogens with zero attached hydrogens (tertiary/aromatic N) is 4. The van der Waals surface area contributed by atoms with Gasteiger partial charge in [0.1, 0.15) is 12.1 Å². The van der Waals surface area contributed by atoms with Crippen molar-refractivity contribution in [1.29, 1.82) is 0 Å². The number of thiophene rings is 1. The first-order valence-corrected chi connectivity index (χ1v) is 7.04. The molecule has 0 unspecified atom stereocenters. The summed E-state index contributed by atoms with van der Waals surface area (Å²) >= 11 is 1.68. The zero-order valence-corrected chi connectivity index (χ0v) is 11.7. The van der Waals surface area contributed by atoms with Gasteiger partial charge < -0.3 is 5.32 Å². The highest BCUT2D eigenvalue weighted by Crippen LogP contribution is 2.28. The molecule has 0 aromatic carbocycles. The molecule has 0 aliphatic heterocycles. The third-order valence-electron chi connectivity index (χ3n) is 2.93. The van der Waals surface area contributed by atoms with E-state index in [4.69, 9.17) is 0 Å². The van der Waals surface area contributed by atoms with Gasteiger partial charge in [0.15, 0.2) is 0 Å². The van der Waals surface area contributed by atoms with Crippen LogP contribution in [0.3, 0.4) is 0 Å². The Kier molecular flexibility index (Phi) is 3.16. The lowest BCUT2D eigenvalue weighted by molar-refractivity contribution is 0.637. The molecule has 0 fully saturated rings. The van der Waals surface area contributed by atoms with Crippen molar-refractivity contribution in [3.05, 3.63) is 35.2 Å². The van der Waals surface area contributed by atoms with Gasteiger partial charge in [-0.1, -0.05) is 0 Å². The van der Waals surface area contributed by atoms with Crippen molar-refractivity contribution in [2.75, 3.05) is 11.9 Å². The minimum absolute atomic E-state index is 0.796. The minimum atomic E-state index is 0.796. The summed E-state index contributed by atoms with van der Waals surface area (Å²) < 4.78 is 3.05. The van der Waals surface area contributed by atoms with Gasteiger partial charge in [0.25, 0.3) is 0 Å². The Morgan fingerprint density at radius 1 is 1.32 bits per heavy atom. The van der Waals surface area contributed by atoms with Crippen LogP contribution in [-0.2, 0) is 6.54 Å². The van der Waals surface area contributed by atoms with Crippen LogP contribution in [0.4, 0.5) is 5.82 Å². The van der Waals surface area contributed by atoms with E-state index in [0.29, 0.717) is 0 Å². The first-order valence-electron chi connectivity index (χ1n) is 6.16. The smallest absolute Gasteiger partial charge is 0.147 e. The third-order valence-corrected chi connectivity index (χ3v) is 4.02. The largest absolute Gasteiger partial charge is 0.367 e. The van der Waals surface area contributed by atoms with Gasteiger partial charge in [0, 0.05) is 12.7 Å². The number of anilines is 1. The highest BCUT2D eigenvalue weighted by Gasteiger charge is 2.07. The maximum Gasteiger partial charge on any atom is 0.147 e. The van der Waals surface area contributed by atoms with E-state index < -0.39 is 0 Å². The first kappa shape index (κ1) is 12.1. The molecule has 19 heavy (non-hydrogen) atoms. The quantitative estimate of drug-likeness (QED) is 0.794. The number of hydrogen-bond acceptors (Lipinski definition) is 5. The zero-order valence-electron chi connectivity index (χ0n) is 10.9. The van der Waals surface area contributed by atoms with E-state index >= 15 is 0 Å². The van der Waals surface area contributed by atoms with E-state index in [9.17, 15) is 0 Å². The summed E-state index contributed by atoms with van der Waals surface area (Å²) in [6.45, 7) is 5.73. The molecule has 0 aliphatic carbocycles. The van der Waals surface area contributed by atoms with Gasteiger partial charge >= 0.3 is 0 Å². The van der Waals surface area contributed by atoms with Gasteiger partial charge in [-0.05, 0) is 30.4 Å².